The molecule has 0 radical (unpaired) electrons. The van der Waals surface area contributed by atoms with E-state index >= 15 is 0 Å². The summed E-state index contributed by atoms with van der Waals surface area (Å²) >= 11 is 5.96. The average molecular weight is 240 g/mol. The van der Waals surface area contributed by atoms with Gasteiger partial charge in [-0.15, -0.1) is 0 Å². The number of hydrogen-bond acceptors (Lipinski definition) is 2. The zero-order valence-corrected chi connectivity index (χ0v) is 10.8. The van der Waals surface area contributed by atoms with Crippen molar-refractivity contribution in [2.45, 2.75) is 32.7 Å². The third-order valence-electron chi connectivity index (χ3n) is 2.87. The Morgan fingerprint density at radius 1 is 1.50 bits per heavy atom. The van der Waals surface area contributed by atoms with Crippen LogP contribution in [-0.4, -0.2) is 19.4 Å². The fourth-order valence-corrected chi connectivity index (χ4v) is 1.94. The van der Waals surface area contributed by atoms with Crippen molar-refractivity contribution in [1.29, 1.82) is 0 Å². The lowest BCUT2D eigenvalue weighted by atomic mass is 10.1. The van der Waals surface area contributed by atoms with Gasteiger partial charge in [0.05, 0.1) is 0 Å². The van der Waals surface area contributed by atoms with Gasteiger partial charge in [-0.1, -0.05) is 24.9 Å². The van der Waals surface area contributed by atoms with Crippen LogP contribution in [0.5, 0.6) is 0 Å². The van der Waals surface area contributed by atoms with Crippen molar-refractivity contribution in [3.63, 3.8) is 0 Å². The van der Waals surface area contributed by atoms with E-state index in [0.29, 0.717) is 16.6 Å². The van der Waals surface area contributed by atoms with Crippen molar-refractivity contribution in [3.8, 4) is 0 Å². The van der Waals surface area contributed by atoms with E-state index in [9.17, 15) is 4.79 Å². The van der Waals surface area contributed by atoms with Gasteiger partial charge in [0, 0.05) is 29.4 Å². The van der Waals surface area contributed by atoms with E-state index in [4.69, 9.17) is 11.6 Å². The molecule has 2 nitrogen and oxygen atoms in total. The van der Waals surface area contributed by atoms with Crippen LogP contribution in [0.2, 0.25) is 5.02 Å². The molecule has 0 aliphatic rings. The van der Waals surface area contributed by atoms with Crippen molar-refractivity contribution in [1.82, 2.24) is 0 Å². The summed E-state index contributed by atoms with van der Waals surface area (Å²) in [5.74, 6) is 0. The molecule has 0 spiro atoms. The molecule has 1 atom stereocenters. The molecule has 0 saturated heterocycles. The molecule has 1 rings (SSSR count). The van der Waals surface area contributed by atoms with Gasteiger partial charge in [-0.3, -0.25) is 4.79 Å². The minimum absolute atomic E-state index is 0.405. The Morgan fingerprint density at radius 2 is 2.19 bits per heavy atom. The van der Waals surface area contributed by atoms with Crippen LogP contribution in [0.3, 0.4) is 0 Å². The third-order valence-corrected chi connectivity index (χ3v) is 3.10. The minimum Gasteiger partial charge on any atom is -0.371 e. The first-order chi connectivity index (χ1) is 7.60. The Hall–Kier alpha value is -1.02. The maximum Gasteiger partial charge on any atom is 0.152 e. The molecule has 0 aliphatic heterocycles. The maximum absolute atomic E-state index is 11.0. The van der Waals surface area contributed by atoms with Crippen molar-refractivity contribution < 1.29 is 4.79 Å². The summed E-state index contributed by atoms with van der Waals surface area (Å²) in [7, 11) is 2.00. The zero-order valence-electron chi connectivity index (χ0n) is 10.0. The monoisotopic (exact) mass is 239 g/mol. The number of rotatable bonds is 5. The Bertz CT molecular complexity index is 365. The number of hydrogen-bond donors (Lipinski definition) is 0. The predicted molar refractivity (Wildman–Crippen MR) is 69.6 cm³/mol. The quantitative estimate of drug-likeness (QED) is 0.729. The van der Waals surface area contributed by atoms with Gasteiger partial charge >= 0.3 is 0 Å². The number of carbonyl (C=O) groups is 1. The smallest absolute Gasteiger partial charge is 0.152 e. The molecule has 1 aromatic carbocycles. The van der Waals surface area contributed by atoms with E-state index in [0.717, 1.165) is 24.8 Å². The standard InChI is InChI=1S/C13H18ClNO/c1-4-5-10(2)15(3)13-8-12(14)7-6-11(13)9-16/h6-10H,4-5H2,1-3H3. The number of benzene rings is 1. The second-order valence-electron chi connectivity index (χ2n) is 4.07. The SMILES string of the molecule is CCCC(C)N(C)c1cc(Cl)ccc1C=O. The number of anilines is 1. The molecular formula is C13H18ClNO. The van der Waals surface area contributed by atoms with Crippen molar-refractivity contribution in [2.75, 3.05) is 11.9 Å². The van der Waals surface area contributed by atoms with Gasteiger partial charge in [0.2, 0.25) is 0 Å². The summed E-state index contributed by atoms with van der Waals surface area (Å²) in [6.07, 6.45) is 3.10. The molecule has 0 amide bonds. The molecule has 88 valence electrons. The fourth-order valence-electron chi connectivity index (χ4n) is 1.77. The van der Waals surface area contributed by atoms with E-state index in [2.05, 4.69) is 18.7 Å². The first kappa shape index (κ1) is 13.0. The highest BCUT2D eigenvalue weighted by molar-refractivity contribution is 6.31. The molecule has 0 N–H and O–H groups in total. The van der Waals surface area contributed by atoms with Crippen molar-refractivity contribution in [3.05, 3.63) is 28.8 Å². The molecule has 0 fully saturated rings. The van der Waals surface area contributed by atoms with Gasteiger partial charge in [0.25, 0.3) is 0 Å². The number of nitrogens with zero attached hydrogens (tertiary/aromatic N) is 1. The fraction of sp³-hybridized carbons (Fsp3) is 0.462. The van der Waals surface area contributed by atoms with E-state index in [1.165, 1.54) is 0 Å². The van der Waals surface area contributed by atoms with Crippen molar-refractivity contribution in [2.24, 2.45) is 0 Å². The molecule has 0 heterocycles. The Balaban J connectivity index is 3.00. The summed E-state index contributed by atoms with van der Waals surface area (Å²) in [4.78, 5) is 13.1. The second-order valence-corrected chi connectivity index (χ2v) is 4.51. The van der Waals surface area contributed by atoms with Crippen LogP contribution in [0.4, 0.5) is 5.69 Å². The summed E-state index contributed by atoms with van der Waals surface area (Å²) in [5.41, 5.74) is 1.60. The Labute approximate surface area is 102 Å². The van der Waals surface area contributed by atoms with Gasteiger partial charge in [0.1, 0.15) is 0 Å². The molecule has 0 bridgehead atoms. The van der Waals surface area contributed by atoms with Gasteiger partial charge in [-0.05, 0) is 31.5 Å². The first-order valence-electron chi connectivity index (χ1n) is 5.57. The Kier molecular flexibility index (Phi) is 4.81. The van der Waals surface area contributed by atoms with E-state index < -0.39 is 0 Å². The van der Waals surface area contributed by atoms with Crippen LogP contribution in [0, 0.1) is 0 Å². The highest BCUT2D eigenvalue weighted by Gasteiger charge is 2.13. The molecule has 16 heavy (non-hydrogen) atoms. The largest absolute Gasteiger partial charge is 0.371 e. The van der Waals surface area contributed by atoms with Crippen LogP contribution in [0.1, 0.15) is 37.0 Å². The minimum atomic E-state index is 0.405. The van der Waals surface area contributed by atoms with Crippen LogP contribution in [0.15, 0.2) is 18.2 Å². The zero-order chi connectivity index (χ0) is 12.1. The molecule has 3 heteroatoms. The van der Waals surface area contributed by atoms with E-state index in [1.54, 1.807) is 12.1 Å². The molecule has 0 aromatic heterocycles. The Morgan fingerprint density at radius 3 is 2.75 bits per heavy atom. The summed E-state index contributed by atoms with van der Waals surface area (Å²) in [6, 6.07) is 5.76. The van der Waals surface area contributed by atoms with Gasteiger partial charge in [0.15, 0.2) is 6.29 Å². The van der Waals surface area contributed by atoms with Crippen LogP contribution in [-0.2, 0) is 0 Å². The number of aldehydes is 1. The lowest BCUT2D eigenvalue weighted by Gasteiger charge is -2.28. The van der Waals surface area contributed by atoms with Crippen LogP contribution >= 0.6 is 11.6 Å². The van der Waals surface area contributed by atoms with E-state index in [1.807, 2.05) is 13.1 Å². The van der Waals surface area contributed by atoms with E-state index in [-0.39, 0.29) is 0 Å². The third kappa shape index (κ3) is 2.99. The lowest BCUT2D eigenvalue weighted by Crippen LogP contribution is -2.29. The number of carbonyl (C=O) groups excluding carboxylic acids is 1. The second kappa shape index (κ2) is 5.90. The van der Waals surface area contributed by atoms with Gasteiger partial charge < -0.3 is 4.90 Å². The van der Waals surface area contributed by atoms with Crippen molar-refractivity contribution >= 4 is 23.6 Å². The first-order valence-corrected chi connectivity index (χ1v) is 5.95. The van der Waals surface area contributed by atoms with Gasteiger partial charge in [-0.2, -0.15) is 0 Å². The highest BCUT2D eigenvalue weighted by atomic mass is 35.5. The number of halogens is 1. The lowest BCUT2D eigenvalue weighted by molar-refractivity contribution is 0.112. The topological polar surface area (TPSA) is 20.3 Å². The molecule has 0 saturated carbocycles. The molecule has 1 aromatic rings. The van der Waals surface area contributed by atoms with Crippen LogP contribution in [0.25, 0.3) is 0 Å². The highest BCUT2D eigenvalue weighted by Crippen LogP contribution is 2.25. The summed E-state index contributed by atoms with van der Waals surface area (Å²) in [6.45, 7) is 4.31. The predicted octanol–water partition coefficient (Wildman–Crippen LogP) is 3.78. The molecular weight excluding hydrogens is 222 g/mol. The average Bonchev–Trinajstić information content (AvgIpc) is 2.28. The molecule has 1 unspecified atom stereocenters. The van der Waals surface area contributed by atoms with Crippen LogP contribution < -0.4 is 4.90 Å². The summed E-state index contributed by atoms with van der Waals surface area (Å²) < 4.78 is 0. The normalized spacial score (nSPS) is 12.2. The van der Waals surface area contributed by atoms with Gasteiger partial charge in [-0.25, -0.2) is 0 Å². The maximum atomic E-state index is 11.0. The molecule has 0 aliphatic carbocycles. The summed E-state index contributed by atoms with van der Waals surface area (Å²) in [5, 5.41) is 0.663.